The summed E-state index contributed by atoms with van der Waals surface area (Å²) in [5, 5.41) is 1.81. The summed E-state index contributed by atoms with van der Waals surface area (Å²) in [4.78, 5) is 11.4. The van der Waals surface area contributed by atoms with Gasteiger partial charge in [-0.25, -0.2) is 8.78 Å². The number of anilines is 1. The van der Waals surface area contributed by atoms with E-state index in [2.05, 4.69) is 0 Å². The van der Waals surface area contributed by atoms with E-state index in [1.807, 2.05) is 5.43 Å². The van der Waals surface area contributed by atoms with Gasteiger partial charge in [0.15, 0.2) is 0 Å². The van der Waals surface area contributed by atoms with Crippen molar-refractivity contribution in [1.29, 1.82) is 0 Å². The Labute approximate surface area is 104 Å². The van der Waals surface area contributed by atoms with Crippen molar-refractivity contribution < 1.29 is 26.7 Å². The maximum absolute atomic E-state index is 12.6. The second-order valence-corrected chi connectivity index (χ2v) is 3.50. The molecule has 0 aliphatic rings. The third kappa shape index (κ3) is 4.05. The number of benzene rings is 1. The van der Waals surface area contributed by atoms with Crippen LogP contribution >= 0.6 is 0 Å². The van der Waals surface area contributed by atoms with Gasteiger partial charge >= 0.3 is 6.18 Å². The van der Waals surface area contributed by atoms with E-state index in [0.29, 0.717) is 6.07 Å². The van der Waals surface area contributed by atoms with Crippen molar-refractivity contribution in [3.8, 4) is 0 Å². The van der Waals surface area contributed by atoms with E-state index in [1.54, 1.807) is 5.32 Å². The Morgan fingerprint density at radius 1 is 1.32 bits per heavy atom. The molecule has 4 N–H and O–H groups in total. The van der Waals surface area contributed by atoms with Crippen molar-refractivity contribution in [3.63, 3.8) is 0 Å². The fourth-order valence-electron chi connectivity index (χ4n) is 1.32. The topological polar surface area (TPSA) is 67.1 Å². The molecule has 9 heteroatoms. The molecule has 1 amide bonds. The minimum atomic E-state index is -4.72. The molecule has 0 radical (unpaired) electrons. The van der Waals surface area contributed by atoms with Crippen LogP contribution < -0.4 is 16.6 Å². The number of halogens is 5. The van der Waals surface area contributed by atoms with Gasteiger partial charge < -0.3 is 10.7 Å². The van der Waals surface area contributed by atoms with Gasteiger partial charge in [0.25, 0.3) is 12.3 Å². The maximum Gasteiger partial charge on any atom is 0.418 e. The van der Waals surface area contributed by atoms with Gasteiger partial charge in [-0.15, -0.1) is 0 Å². The van der Waals surface area contributed by atoms with Crippen LogP contribution in [0.1, 0.15) is 15.9 Å². The van der Waals surface area contributed by atoms with Crippen LogP contribution in [0.5, 0.6) is 0 Å². The van der Waals surface area contributed by atoms with Crippen molar-refractivity contribution in [2.75, 3.05) is 12.0 Å². The summed E-state index contributed by atoms with van der Waals surface area (Å²) in [5.41, 5.74) is -0.107. The molecule has 0 spiro atoms. The average Bonchev–Trinajstić information content (AvgIpc) is 2.34. The number of hydrazine groups is 1. The number of nitrogens with one attached hydrogen (secondary N) is 2. The van der Waals surface area contributed by atoms with E-state index in [9.17, 15) is 26.7 Å². The van der Waals surface area contributed by atoms with Crippen molar-refractivity contribution >= 4 is 11.6 Å². The smallest absolute Gasteiger partial charge is 0.346 e. The Morgan fingerprint density at radius 3 is 2.42 bits per heavy atom. The number of hydrogen-bond donors (Lipinski definition) is 3. The standard InChI is InChI=1S/C10H10F5N3O/c11-8(12)4-17-9(19)5-1-2-7(18-16)6(3-5)10(13,14)15/h1-3,8,18H,4,16H2,(H,17,19). The Balaban J connectivity index is 3.01. The van der Waals surface area contributed by atoms with Crippen molar-refractivity contribution in [2.45, 2.75) is 12.6 Å². The lowest BCUT2D eigenvalue weighted by molar-refractivity contribution is -0.137. The lowest BCUT2D eigenvalue weighted by atomic mass is 10.1. The van der Waals surface area contributed by atoms with Gasteiger partial charge in [0.1, 0.15) is 0 Å². The highest BCUT2D eigenvalue weighted by molar-refractivity contribution is 5.95. The summed E-state index contributed by atoms with van der Waals surface area (Å²) in [5.74, 6) is 3.90. The highest BCUT2D eigenvalue weighted by Gasteiger charge is 2.34. The van der Waals surface area contributed by atoms with E-state index in [4.69, 9.17) is 5.84 Å². The quantitative estimate of drug-likeness (QED) is 0.450. The lowest BCUT2D eigenvalue weighted by Gasteiger charge is -2.13. The van der Waals surface area contributed by atoms with Gasteiger partial charge in [-0.2, -0.15) is 13.2 Å². The summed E-state index contributed by atoms with van der Waals surface area (Å²) in [7, 11) is 0. The SMILES string of the molecule is NNc1ccc(C(=O)NCC(F)F)cc1C(F)(F)F. The number of alkyl halides is 5. The van der Waals surface area contributed by atoms with E-state index in [1.165, 1.54) is 0 Å². The van der Waals surface area contributed by atoms with Crippen molar-refractivity contribution in [1.82, 2.24) is 5.32 Å². The molecule has 0 fully saturated rings. The summed E-state index contributed by atoms with van der Waals surface area (Å²) in [6.45, 7) is -0.933. The molecular formula is C10H10F5N3O. The number of amides is 1. The first-order valence-electron chi connectivity index (χ1n) is 5.00. The van der Waals surface area contributed by atoms with Gasteiger partial charge in [0.05, 0.1) is 17.8 Å². The van der Waals surface area contributed by atoms with Gasteiger partial charge in [-0.05, 0) is 18.2 Å². The number of nitrogen functional groups attached to an aromatic ring is 1. The predicted octanol–water partition coefficient (Wildman–Crippen LogP) is 1.99. The van der Waals surface area contributed by atoms with Crippen LogP contribution in [0.2, 0.25) is 0 Å². The van der Waals surface area contributed by atoms with Gasteiger partial charge in [-0.1, -0.05) is 0 Å². The first kappa shape index (κ1) is 15.2. The summed E-state index contributed by atoms with van der Waals surface area (Å²) in [6, 6.07) is 2.53. The van der Waals surface area contributed by atoms with Gasteiger partial charge in [-0.3, -0.25) is 10.6 Å². The van der Waals surface area contributed by atoms with Crippen LogP contribution in [-0.4, -0.2) is 18.9 Å². The number of carbonyl (C=O) groups is 1. The maximum atomic E-state index is 12.6. The molecule has 4 nitrogen and oxygen atoms in total. The summed E-state index contributed by atoms with van der Waals surface area (Å²) < 4.78 is 61.7. The second-order valence-electron chi connectivity index (χ2n) is 3.50. The number of hydrogen-bond acceptors (Lipinski definition) is 3. The molecule has 106 valence electrons. The molecule has 19 heavy (non-hydrogen) atoms. The average molecular weight is 283 g/mol. The highest BCUT2D eigenvalue weighted by Crippen LogP contribution is 2.35. The molecule has 0 saturated heterocycles. The lowest BCUT2D eigenvalue weighted by Crippen LogP contribution is -2.28. The number of nitrogens with two attached hydrogens (primary N) is 1. The molecule has 0 aliphatic carbocycles. The zero-order valence-corrected chi connectivity index (χ0v) is 9.39. The molecule has 0 aliphatic heterocycles. The van der Waals surface area contributed by atoms with Crippen LogP contribution in [0.15, 0.2) is 18.2 Å². The van der Waals surface area contributed by atoms with Crippen LogP contribution in [-0.2, 0) is 6.18 Å². The minimum Gasteiger partial charge on any atom is -0.346 e. The van der Waals surface area contributed by atoms with E-state index < -0.39 is 36.3 Å². The largest absolute Gasteiger partial charge is 0.418 e. The predicted molar refractivity (Wildman–Crippen MR) is 57.6 cm³/mol. The van der Waals surface area contributed by atoms with Crippen LogP contribution in [0, 0.1) is 0 Å². The first-order valence-corrected chi connectivity index (χ1v) is 5.00. The Bertz CT molecular complexity index is 461. The van der Waals surface area contributed by atoms with E-state index in [0.717, 1.165) is 12.1 Å². The van der Waals surface area contributed by atoms with E-state index >= 15 is 0 Å². The van der Waals surface area contributed by atoms with Crippen molar-refractivity contribution in [3.05, 3.63) is 29.3 Å². The van der Waals surface area contributed by atoms with Crippen LogP contribution in [0.3, 0.4) is 0 Å². The summed E-state index contributed by atoms with van der Waals surface area (Å²) in [6.07, 6.45) is -7.50. The van der Waals surface area contributed by atoms with Crippen molar-refractivity contribution in [2.24, 2.45) is 5.84 Å². The first-order chi connectivity index (χ1) is 8.75. The van der Waals surface area contributed by atoms with E-state index in [-0.39, 0.29) is 5.56 Å². The second kappa shape index (κ2) is 5.83. The molecule has 0 atom stereocenters. The fraction of sp³-hybridized carbons (Fsp3) is 0.300. The third-order valence-corrected chi connectivity index (χ3v) is 2.16. The molecule has 0 saturated carbocycles. The molecule has 0 bridgehead atoms. The zero-order chi connectivity index (χ0) is 14.6. The molecule has 1 rings (SSSR count). The molecule has 0 heterocycles. The fourth-order valence-corrected chi connectivity index (χ4v) is 1.32. The molecule has 1 aromatic carbocycles. The number of rotatable bonds is 4. The minimum absolute atomic E-state index is 0.382. The third-order valence-electron chi connectivity index (χ3n) is 2.16. The molecule has 0 unspecified atom stereocenters. The highest BCUT2D eigenvalue weighted by atomic mass is 19.4. The monoisotopic (exact) mass is 283 g/mol. The Hall–Kier alpha value is -1.90. The van der Waals surface area contributed by atoms with Crippen LogP contribution in [0.25, 0.3) is 0 Å². The molecule has 1 aromatic rings. The zero-order valence-electron chi connectivity index (χ0n) is 9.39. The Morgan fingerprint density at radius 2 is 1.95 bits per heavy atom. The van der Waals surface area contributed by atoms with Gasteiger partial charge in [0, 0.05) is 5.56 Å². The molecular weight excluding hydrogens is 273 g/mol. The molecule has 0 aromatic heterocycles. The summed E-state index contributed by atoms with van der Waals surface area (Å²) >= 11 is 0. The number of carbonyl (C=O) groups excluding carboxylic acids is 1. The normalized spacial score (nSPS) is 11.5. The van der Waals surface area contributed by atoms with Crippen LogP contribution in [0.4, 0.5) is 27.6 Å². The van der Waals surface area contributed by atoms with Gasteiger partial charge in [0.2, 0.25) is 0 Å². The Kier molecular flexibility index (Phi) is 4.65.